The Bertz CT molecular complexity index is 1280. The van der Waals surface area contributed by atoms with E-state index in [0.29, 0.717) is 13.0 Å². The van der Waals surface area contributed by atoms with Crippen LogP contribution in [-0.4, -0.2) is 18.6 Å². The third-order valence-electron chi connectivity index (χ3n) is 6.75. The Morgan fingerprint density at radius 1 is 0.737 bits per heavy atom. The van der Waals surface area contributed by atoms with Crippen LogP contribution in [0.3, 0.4) is 0 Å². The van der Waals surface area contributed by atoms with Gasteiger partial charge in [-0.3, -0.25) is 4.79 Å². The number of ether oxygens (including phenoxy) is 1. The first kappa shape index (κ1) is 27.1. The molecule has 0 aliphatic carbocycles. The maximum Gasteiger partial charge on any atom is 0.220 e. The number of aryl methyl sites for hydroxylation is 1. The van der Waals surface area contributed by atoms with E-state index in [1.54, 1.807) is 12.1 Å². The Morgan fingerprint density at radius 2 is 1.26 bits per heavy atom. The predicted octanol–water partition coefficient (Wildman–Crippen LogP) is 7.78. The van der Waals surface area contributed by atoms with E-state index in [1.165, 1.54) is 28.8 Å². The van der Waals surface area contributed by atoms with E-state index in [-0.39, 0.29) is 29.7 Å². The van der Waals surface area contributed by atoms with E-state index in [1.807, 2.05) is 56.3 Å². The fraction of sp³-hybridized carbons (Fsp3) is 0.265. The lowest BCUT2D eigenvalue weighted by molar-refractivity contribution is -0.121. The summed E-state index contributed by atoms with van der Waals surface area (Å²) in [5.74, 6) is 0.555. The highest BCUT2D eigenvalue weighted by Gasteiger charge is 2.20. The van der Waals surface area contributed by atoms with Crippen LogP contribution in [0.5, 0.6) is 5.75 Å². The molecule has 0 spiro atoms. The van der Waals surface area contributed by atoms with Gasteiger partial charge in [0.25, 0.3) is 0 Å². The minimum atomic E-state index is -0.282. The zero-order chi connectivity index (χ0) is 26.9. The van der Waals surface area contributed by atoms with Crippen molar-refractivity contribution in [3.8, 4) is 5.75 Å². The second kappa shape index (κ2) is 13.0. The number of hydrogen-bond acceptors (Lipinski definition) is 2. The average Bonchev–Trinajstić information content (AvgIpc) is 2.92. The van der Waals surface area contributed by atoms with Crippen molar-refractivity contribution in [3.05, 3.63) is 137 Å². The molecule has 0 heterocycles. The van der Waals surface area contributed by atoms with Crippen molar-refractivity contribution in [1.29, 1.82) is 0 Å². The highest BCUT2D eigenvalue weighted by Crippen LogP contribution is 2.31. The summed E-state index contributed by atoms with van der Waals surface area (Å²) in [4.78, 5) is 13.1. The van der Waals surface area contributed by atoms with Crippen LogP contribution >= 0.6 is 0 Å². The number of carbonyl (C=O) groups excluding carboxylic acids is 1. The van der Waals surface area contributed by atoms with Crippen molar-refractivity contribution >= 4 is 5.91 Å². The van der Waals surface area contributed by atoms with Crippen LogP contribution in [0.4, 0.5) is 4.39 Å². The van der Waals surface area contributed by atoms with Gasteiger partial charge in [-0.05, 0) is 73.7 Å². The van der Waals surface area contributed by atoms with Crippen LogP contribution in [0.15, 0.2) is 103 Å². The zero-order valence-electron chi connectivity index (χ0n) is 22.4. The molecule has 4 heteroatoms. The number of benzene rings is 4. The third-order valence-corrected chi connectivity index (χ3v) is 6.75. The van der Waals surface area contributed by atoms with Crippen LogP contribution in [0.25, 0.3) is 0 Å². The molecule has 0 saturated carbocycles. The van der Waals surface area contributed by atoms with Gasteiger partial charge in [-0.1, -0.05) is 84.4 Å². The molecule has 1 N–H and O–H groups in total. The monoisotopic (exact) mass is 509 g/mol. The lowest BCUT2D eigenvalue weighted by Crippen LogP contribution is -2.27. The van der Waals surface area contributed by atoms with Crippen molar-refractivity contribution < 1.29 is 13.9 Å². The fourth-order valence-electron chi connectivity index (χ4n) is 4.80. The number of halogens is 1. The van der Waals surface area contributed by atoms with Gasteiger partial charge in [0.2, 0.25) is 5.91 Å². The van der Waals surface area contributed by atoms with Crippen LogP contribution in [0.2, 0.25) is 0 Å². The number of amides is 1. The smallest absolute Gasteiger partial charge is 0.220 e. The van der Waals surface area contributed by atoms with Gasteiger partial charge in [0.1, 0.15) is 11.6 Å². The van der Waals surface area contributed by atoms with Crippen LogP contribution in [0, 0.1) is 12.7 Å². The van der Waals surface area contributed by atoms with Gasteiger partial charge in [-0.2, -0.15) is 0 Å². The highest BCUT2D eigenvalue weighted by molar-refractivity contribution is 5.77. The molecule has 1 amide bonds. The van der Waals surface area contributed by atoms with E-state index >= 15 is 0 Å². The number of hydrogen-bond donors (Lipinski definition) is 1. The first-order valence-corrected chi connectivity index (χ1v) is 13.3. The Labute approximate surface area is 225 Å². The van der Waals surface area contributed by atoms with Gasteiger partial charge in [0.05, 0.1) is 6.10 Å². The van der Waals surface area contributed by atoms with Crippen molar-refractivity contribution in [3.63, 3.8) is 0 Å². The summed E-state index contributed by atoms with van der Waals surface area (Å²) in [7, 11) is 0. The molecule has 4 aromatic rings. The molecule has 0 aliphatic heterocycles. The molecular weight excluding hydrogens is 473 g/mol. The van der Waals surface area contributed by atoms with E-state index < -0.39 is 0 Å². The first-order valence-electron chi connectivity index (χ1n) is 13.3. The van der Waals surface area contributed by atoms with E-state index in [0.717, 1.165) is 23.3 Å². The minimum Gasteiger partial charge on any atom is -0.491 e. The van der Waals surface area contributed by atoms with E-state index in [9.17, 15) is 9.18 Å². The first-order chi connectivity index (χ1) is 18.4. The zero-order valence-corrected chi connectivity index (χ0v) is 22.4. The second-order valence-electron chi connectivity index (χ2n) is 10.1. The largest absolute Gasteiger partial charge is 0.491 e. The Morgan fingerprint density at radius 3 is 1.87 bits per heavy atom. The molecule has 196 valence electrons. The molecule has 4 rings (SSSR count). The number of nitrogens with one attached hydrogen (secondary N) is 1. The quantitative estimate of drug-likeness (QED) is 0.224. The maximum absolute atomic E-state index is 13.6. The van der Waals surface area contributed by atoms with Crippen molar-refractivity contribution in [2.75, 3.05) is 6.54 Å². The van der Waals surface area contributed by atoms with Gasteiger partial charge < -0.3 is 10.1 Å². The molecule has 3 nitrogen and oxygen atoms in total. The SMILES string of the molecule is Cc1ccc([C@@H](CCNC(=O)C[C@H](c2ccccc2)c2ccc(F)cc2)c2ccc(OC(C)C)cc2)cc1. The summed E-state index contributed by atoms with van der Waals surface area (Å²) in [6.45, 7) is 6.67. The molecule has 0 aromatic heterocycles. The van der Waals surface area contributed by atoms with Crippen LogP contribution in [0.1, 0.15) is 66.3 Å². The summed E-state index contributed by atoms with van der Waals surface area (Å²) in [5.41, 5.74) is 5.59. The summed E-state index contributed by atoms with van der Waals surface area (Å²) >= 11 is 0. The van der Waals surface area contributed by atoms with Crippen molar-refractivity contribution in [2.24, 2.45) is 0 Å². The summed E-state index contributed by atoms with van der Waals surface area (Å²) in [5, 5.41) is 3.15. The average molecular weight is 510 g/mol. The molecule has 0 radical (unpaired) electrons. The molecule has 2 atom stereocenters. The number of carbonyl (C=O) groups is 1. The lowest BCUT2D eigenvalue weighted by atomic mass is 9.87. The Kier molecular flexibility index (Phi) is 9.31. The van der Waals surface area contributed by atoms with E-state index in [2.05, 4.69) is 48.6 Å². The van der Waals surface area contributed by atoms with Gasteiger partial charge in [0, 0.05) is 24.8 Å². The molecule has 0 saturated heterocycles. The van der Waals surface area contributed by atoms with Crippen LogP contribution in [-0.2, 0) is 4.79 Å². The Hall–Kier alpha value is -3.92. The molecule has 0 bridgehead atoms. The molecule has 0 unspecified atom stereocenters. The van der Waals surface area contributed by atoms with E-state index in [4.69, 9.17) is 4.74 Å². The van der Waals surface area contributed by atoms with Gasteiger partial charge >= 0.3 is 0 Å². The molecule has 4 aromatic carbocycles. The summed E-state index contributed by atoms with van der Waals surface area (Å²) < 4.78 is 19.4. The maximum atomic E-state index is 13.6. The summed E-state index contributed by atoms with van der Waals surface area (Å²) in [6, 6.07) is 33.2. The third kappa shape index (κ3) is 7.55. The molecule has 0 aliphatic rings. The predicted molar refractivity (Wildman–Crippen MR) is 152 cm³/mol. The number of rotatable bonds is 11. The van der Waals surface area contributed by atoms with Gasteiger partial charge in [0.15, 0.2) is 0 Å². The highest BCUT2D eigenvalue weighted by atomic mass is 19.1. The second-order valence-corrected chi connectivity index (χ2v) is 10.1. The topological polar surface area (TPSA) is 38.3 Å². The fourth-order valence-corrected chi connectivity index (χ4v) is 4.80. The Balaban J connectivity index is 1.45. The summed E-state index contributed by atoms with van der Waals surface area (Å²) in [6.07, 6.45) is 1.19. The normalized spacial score (nSPS) is 12.7. The van der Waals surface area contributed by atoms with Gasteiger partial charge in [-0.15, -0.1) is 0 Å². The van der Waals surface area contributed by atoms with Gasteiger partial charge in [-0.25, -0.2) is 4.39 Å². The lowest BCUT2D eigenvalue weighted by Gasteiger charge is -2.21. The van der Waals surface area contributed by atoms with Crippen LogP contribution < -0.4 is 10.1 Å². The minimum absolute atomic E-state index is 0.0217. The molecular formula is C34H36FNO2. The molecule has 38 heavy (non-hydrogen) atoms. The van der Waals surface area contributed by atoms with Crippen molar-refractivity contribution in [2.45, 2.75) is 51.6 Å². The van der Waals surface area contributed by atoms with Crippen molar-refractivity contribution in [1.82, 2.24) is 5.32 Å². The standard InChI is InChI=1S/C34H36FNO2/c1-24(2)38-31-19-15-28(16-20-31)32(27-11-9-25(3)10-12-27)21-22-36-34(37)23-33(26-7-5-4-6-8-26)29-13-17-30(35)18-14-29/h4-20,24,32-33H,21-23H2,1-3H3,(H,36,37)/t32-,33-/m1/s1. The molecule has 0 fully saturated rings.